The van der Waals surface area contributed by atoms with Crippen molar-refractivity contribution in [3.63, 3.8) is 0 Å². The first-order valence-electron chi connectivity index (χ1n) is 7.03. The molecule has 0 aromatic heterocycles. The van der Waals surface area contributed by atoms with Crippen molar-refractivity contribution >= 4 is 11.9 Å². The van der Waals surface area contributed by atoms with Crippen molar-refractivity contribution in [3.8, 4) is 0 Å². The number of carboxylic acids is 1. The quantitative estimate of drug-likeness (QED) is 0.747. The van der Waals surface area contributed by atoms with Gasteiger partial charge in [-0.1, -0.05) is 0 Å². The third kappa shape index (κ3) is 3.91. The fourth-order valence-electron chi connectivity index (χ4n) is 2.74. The number of ether oxygens (including phenoxy) is 1. The number of carbonyl (C=O) groups excluding carboxylic acids is 1. The van der Waals surface area contributed by atoms with Gasteiger partial charge in [0.1, 0.15) is 6.04 Å². The van der Waals surface area contributed by atoms with Crippen LogP contribution in [-0.2, 0) is 14.3 Å². The SMILES string of the molecule is O=C(O)C1CCCN1C(=O)CCOC1CCNCC1. The average Bonchev–Trinajstić information content (AvgIpc) is 2.89. The Labute approximate surface area is 113 Å². The van der Waals surface area contributed by atoms with Gasteiger partial charge < -0.3 is 20.1 Å². The van der Waals surface area contributed by atoms with Crippen LogP contribution in [0.25, 0.3) is 0 Å². The molecule has 6 nitrogen and oxygen atoms in total. The van der Waals surface area contributed by atoms with E-state index < -0.39 is 12.0 Å². The first kappa shape index (κ1) is 14.3. The van der Waals surface area contributed by atoms with E-state index in [0.29, 0.717) is 19.6 Å². The fourth-order valence-corrected chi connectivity index (χ4v) is 2.74. The van der Waals surface area contributed by atoms with Crippen LogP contribution < -0.4 is 5.32 Å². The maximum atomic E-state index is 12.0. The molecule has 1 amide bonds. The fraction of sp³-hybridized carbons (Fsp3) is 0.846. The summed E-state index contributed by atoms with van der Waals surface area (Å²) in [7, 11) is 0. The smallest absolute Gasteiger partial charge is 0.326 e. The summed E-state index contributed by atoms with van der Waals surface area (Å²) < 4.78 is 5.67. The van der Waals surface area contributed by atoms with Crippen LogP contribution in [0.3, 0.4) is 0 Å². The lowest BCUT2D eigenvalue weighted by atomic mass is 10.1. The van der Waals surface area contributed by atoms with Gasteiger partial charge in [0.2, 0.25) is 5.91 Å². The van der Waals surface area contributed by atoms with E-state index >= 15 is 0 Å². The molecule has 2 N–H and O–H groups in total. The number of nitrogens with zero attached hydrogens (tertiary/aromatic N) is 1. The van der Waals surface area contributed by atoms with E-state index in [9.17, 15) is 9.59 Å². The van der Waals surface area contributed by atoms with Gasteiger partial charge in [0, 0.05) is 6.54 Å². The van der Waals surface area contributed by atoms with E-state index in [4.69, 9.17) is 9.84 Å². The third-order valence-electron chi connectivity index (χ3n) is 3.81. The number of piperidine rings is 1. The van der Waals surface area contributed by atoms with Gasteiger partial charge >= 0.3 is 5.97 Å². The van der Waals surface area contributed by atoms with E-state index in [1.165, 1.54) is 4.90 Å². The van der Waals surface area contributed by atoms with Gasteiger partial charge in [-0.15, -0.1) is 0 Å². The molecule has 1 unspecified atom stereocenters. The molecule has 0 saturated carbocycles. The van der Waals surface area contributed by atoms with Crippen LogP contribution in [0.1, 0.15) is 32.1 Å². The topological polar surface area (TPSA) is 78.9 Å². The zero-order valence-corrected chi connectivity index (χ0v) is 11.1. The molecule has 108 valence electrons. The molecule has 0 aromatic rings. The highest BCUT2D eigenvalue weighted by atomic mass is 16.5. The van der Waals surface area contributed by atoms with Crippen molar-refractivity contribution < 1.29 is 19.4 Å². The molecule has 0 spiro atoms. The van der Waals surface area contributed by atoms with Gasteiger partial charge in [-0.3, -0.25) is 4.79 Å². The summed E-state index contributed by atoms with van der Waals surface area (Å²) in [6, 6.07) is -0.633. The zero-order valence-electron chi connectivity index (χ0n) is 11.1. The van der Waals surface area contributed by atoms with Crippen molar-refractivity contribution in [2.24, 2.45) is 0 Å². The van der Waals surface area contributed by atoms with E-state index in [0.717, 1.165) is 32.4 Å². The summed E-state index contributed by atoms with van der Waals surface area (Å²) in [5.41, 5.74) is 0. The van der Waals surface area contributed by atoms with Gasteiger partial charge in [-0.25, -0.2) is 4.79 Å². The predicted octanol–water partition coefficient (Wildman–Crippen LogP) is 0.221. The minimum Gasteiger partial charge on any atom is -0.480 e. The number of rotatable bonds is 5. The van der Waals surface area contributed by atoms with Crippen molar-refractivity contribution in [1.29, 1.82) is 0 Å². The average molecular weight is 270 g/mol. The third-order valence-corrected chi connectivity index (χ3v) is 3.81. The molecule has 6 heteroatoms. The Morgan fingerprint density at radius 2 is 2.00 bits per heavy atom. The standard InChI is InChI=1S/C13H22N2O4/c16-12(15-8-1-2-11(15)13(17)18)5-9-19-10-3-6-14-7-4-10/h10-11,14H,1-9H2,(H,17,18). The van der Waals surface area contributed by atoms with Gasteiger partial charge in [0.05, 0.1) is 19.1 Å². The molecule has 0 radical (unpaired) electrons. The summed E-state index contributed by atoms with van der Waals surface area (Å²) in [5, 5.41) is 12.3. The highest BCUT2D eigenvalue weighted by Gasteiger charge is 2.33. The monoisotopic (exact) mass is 270 g/mol. The van der Waals surface area contributed by atoms with Gasteiger partial charge in [0.15, 0.2) is 0 Å². The number of hydrogen-bond acceptors (Lipinski definition) is 4. The van der Waals surface area contributed by atoms with Crippen molar-refractivity contribution in [2.75, 3.05) is 26.2 Å². The number of nitrogens with one attached hydrogen (secondary N) is 1. The Kier molecular flexibility index (Phi) is 5.15. The Morgan fingerprint density at radius 1 is 1.26 bits per heavy atom. The van der Waals surface area contributed by atoms with Gasteiger partial charge in [-0.2, -0.15) is 0 Å². The van der Waals surface area contributed by atoms with E-state index in [2.05, 4.69) is 5.32 Å². The lowest BCUT2D eigenvalue weighted by Gasteiger charge is -2.24. The summed E-state index contributed by atoms with van der Waals surface area (Å²) in [6.45, 7) is 2.88. The first-order chi connectivity index (χ1) is 9.18. The molecule has 2 aliphatic heterocycles. The van der Waals surface area contributed by atoms with Gasteiger partial charge in [-0.05, 0) is 38.8 Å². The molecule has 2 saturated heterocycles. The molecule has 2 rings (SSSR count). The highest BCUT2D eigenvalue weighted by molar-refractivity contribution is 5.84. The molecule has 0 aliphatic carbocycles. The predicted molar refractivity (Wildman–Crippen MR) is 68.8 cm³/mol. The Balaban J connectivity index is 1.70. The summed E-state index contributed by atoms with van der Waals surface area (Å²) in [5.74, 6) is -0.996. The second kappa shape index (κ2) is 6.86. The van der Waals surface area contributed by atoms with Crippen LogP contribution in [0.2, 0.25) is 0 Å². The second-order valence-corrected chi connectivity index (χ2v) is 5.15. The molecule has 2 aliphatic rings. The summed E-state index contributed by atoms with van der Waals surface area (Å²) in [4.78, 5) is 24.5. The lowest BCUT2D eigenvalue weighted by molar-refractivity contribution is -0.148. The van der Waals surface area contributed by atoms with Crippen LogP contribution in [0.5, 0.6) is 0 Å². The molecule has 0 bridgehead atoms. The largest absolute Gasteiger partial charge is 0.480 e. The Morgan fingerprint density at radius 3 is 2.68 bits per heavy atom. The number of carbonyl (C=O) groups is 2. The van der Waals surface area contributed by atoms with Crippen LogP contribution >= 0.6 is 0 Å². The molecule has 1 atom stereocenters. The van der Waals surface area contributed by atoms with Crippen molar-refractivity contribution in [2.45, 2.75) is 44.2 Å². The summed E-state index contributed by atoms with van der Waals surface area (Å²) >= 11 is 0. The van der Waals surface area contributed by atoms with Crippen LogP contribution in [0, 0.1) is 0 Å². The Bertz CT molecular complexity index is 329. The normalized spacial score (nSPS) is 24.6. The number of likely N-dealkylation sites (tertiary alicyclic amines) is 1. The zero-order chi connectivity index (χ0) is 13.7. The lowest BCUT2D eigenvalue weighted by Crippen LogP contribution is -2.41. The summed E-state index contributed by atoms with van der Waals surface area (Å²) in [6.07, 6.45) is 3.83. The van der Waals surface area contributed by atoms with Gasteiger partial charge in [0.25, 0.3) is 0 Å². The van der Waals surface area contributed by atoms with E-state index in [1.807, 2.05) is 0 Å². The number of aliphatic carboxylic acids is 1. The minimum absolute atomic E-state index is 0.0983. The van der Waals surface area contributed by atoms with E-state index in [-0.39, 0.29) is 18.4 Å². The van der Waals surface area contributed by atoms with Crippen molar-refractivity contribution in [1.82, 2.24) is 10.2 Å². The minimum atomic E-state index is -0.898. The second-order valence-electron chi connectivity index (χ2n) is 5.15. The molecule has 2 heterocycles. The van der Waals surface area contributed by atoms with E-state index in [1.54, 1.807) is 0 Å². The number of amides is 1. The molecular formula is C13H22N2O4. The number of carboxylic acid groups (broad SMARTS) is 1. The molecule has 0 aromatic carbocycles. The molecular weight excluding hydrogens is 248 g/mol. The molecule has 19 heavy (non-hydrogen) atoms. The molecule has 2 fully saturated rings. The maximum absolute atomic E-state index is 12.0. The van der Waals surface area contributed by atoms with Crippen LogP contribution in [-0.4, -0.2) is 60.3 Å². The first-order valence-corrected chi connectivity index (χ1v) is 7.03. The van der Waals surface area contributed by atoms with Crippen LogP contribution in [0.15, 0.2) is 0 Å². The maximum Gasteiger partial charge on any atom is 0.326 e. The highest BCUT2D eigenvalue weighted by Crippen LogP contribution is 2.18. The van der Waals surface area contributed by atoms with Crippen molar-refractivity contribution in [3.05, 3.63) is 0 Å². The Hall–Kier alpha value is -1.14. The van der Waals surface area contributed by atoms with Crippen LogP contribution in [0.4, 0.5) is 0 Å². The number of hydrogen-bond donors (Lipinski definition) is 2.